The number of carbonyl (C=O) groups is 1. The molecule has 2 aliphatic heterocycles. The second-order valence-electron chi connectivity index (χ2n) is 9.26. The van der Waals surface area contributed by atoms with Crippen molar-refractivity contribution >= 4 is 5.91 Å². The van der Waals surface area contributed by atoms with Gasteiger partial charge in [-0.2, -0.15) is 0 Å². The monoisotopic (exact) mass is 439 g/mol. The van der Waals surface area contributed by atoms with Crippen LogP contribution in [0, 0.1) is 18.7 Å². The molecular formula is C26H34FN3O2. The van der Waals surface area contributed by atoms with Gasteiger partial charge in [0.05, 0.1) is 13.2 Å². The molecule has 1 atom stereocenters. The first kappa shape index (κ1) is 22.9. The van der Waals surface area contributed by atoms with Crippen LogP contribution in [-0.4, -0.2) is 66.6 Å². The number of aryl methyl sites for hydroxylation is 1. The van der Waals surface area contributed by atoms with Crippen molar-refractivity contribution < 1.29 is 13.9 Å². The molecule has 1 amide bonds. The fourth-order valence-corrected chi connectivity index (χ4v) is 4.87. The number of morpholine rings is 1. The van der Waals surface area contributed by atoms with Crippen LogP contribution < -0.4 is 0 Å². The van der Waals surface area contributed by atoms with E-state index in [9.17, 15) is 9.18 Å². The smallest absolute Gasteiger partial charge is 0.226 e. The van der Waals surface area contributed by atoms with Crippen LogP contribution in [0.3, 0.4) is 0 Å². The fourth-order valence-electron chi connectivity index (χ4n) is 4.87. The topological polar surface area (TPSA) is 45.7 Å². The highest BCUT2D eigenvalue weighted by molar-refractivity contribution is 5.78. The first-order chi connectivity index (χ1) is 15.5. The predicted molar refractivity (Wildman–Crippen MR) is 123 cm³/mol. The van der Waals surface area contributed by atoms with E-state index >= 15 is 0 Å². The van der Waals surface area contributed by atoms with Gasteiger partial charge in [-0.25, -0.2) is 4.39 Å². The number of benzene rings is 1. The van der Waals surface area contributed by atoms with Gasteiger partial charge in [0.2, 0.25) is 5.91 Å². The number of likely N-dealkylation sites (tertiary alicyclic amines) is 1. The van der Waals surface area contributed by atoms with Gasteiger partial charge in [0.15, 0.2) is 0 Å². The minimum absolute atomic E-state index is 0.0176. The molecule has 0 unspecified atom stereocenters. The van der Waals surface area contributed by atoms with E-state index in [0.29, 0.717) is 5.92 Å². The predicted octanol–water partition coefficient (Wildman–Crippen LogP) is 3.79. The van der Waals surface area contributed by atoms with Crippen LogP contribution in [0.25, 0.3) is 0 Å². The molecule has 0 N–H and O–H groups in total. The highest BCUT2D eigenvalue weighted by Crippen LogP contribution is 2.29. The Morgan fingerprint density at radius 1 is 1.09 bits per heavy atom. The van der Waals surface area contributed by atoms with Crippen molar-refractivity contribution in [3.8, 4) is 0 Å². The van der Waals surface area contributed by atoms with E-state index in [1.165, 1.54) is 17.7 Å². The molecular weight excluding hydrogens is 405 g/mol. The van der Waals surface area contributed by atoms with E-state index < -0.39 is 0 Å². The van der Waals surface area contributed by atoms with Crippen LogP contribution in [0.5, 0.6) is 0 Å². The Labute approximate surface area is 190 Å². The van der Waals surface area contributed by atoms with Crippen molar-refractivity contribution in [2.75, 3.05) is 45.9 Å². The lowest BCUT2D eigenvalue weighted by Gasteiger charge is -2.35. The zero-order valence-corrected chi connectivity index (χ0v) is 19.2. The quantitative estimate of drug-likeness (QED) is 0.687. The number of carbonyl (C=O) groups excluding carboxylic acids is 1. The Bertz CT molecular complexity index is 904. The van der Waals surface area contributed by atoms with Gasteiger partial charge in [-0.15, -0.1) is 0 Å². The highest BCUT2D eigenvalue weighted by Gasteiger charge is 2.28. The Morgan fingerprint density at radius 3 is 2.47 bits per heavy atom. The third-order valence-electron chi connectivity index (χ3n) is 6.64. The average Bonchev–Trinajstić information content (AvgIpc) is 2.80. The number of nitrogens with zero attached hydrogens (tertiary/aromatic N) is 3. The van der Waals surface area contributed by atoms with Gasteiger partial charge in [-0.1, -0.05) is 19.1 Å². The van der Waals surface area contributed by atoms with Crippen LogP contribution >= 0.6 is 0 Å². The molecule has 0 aliphatic carbocycles. The van der Waals surface area contributed by atoms with Crippen molar-refractivity contribution in [3.05, 3.63) is 64.7 Å². The van der Waals surface area contributed by atoms with Crippen LogP contribution in [-0.2, 0) is 16.0 Å². The summed E-state index contributed by atoms with van der Waals surface area (Å²) in [6.45, 7) is 9.83. The lowest BCUT2D eigenvalue weighted by Crippen LogP contribution is -2.46. The van der Waals surface area contributed by atoms with Crippen molar-refractivity contribution in [1.29, 1.82) is 0 Å². The summed E-state index contributed by atoms with van der Waals surface area (Å²) in [5.41, 5.74) is 4.43. The molecule has 32 heavy (non-hydrogen) atoms. The lowest BCUT2D eigenvalue weighted by molar-refractivity contribution is -0.137. The van der Waals surface area contributed by atoms with E-state index in [2.05, 4.69) is 17.0 Å². The largest absolute Gasteiger partial charge is 0.379 e. The van der Waals surface area contributed by atoms with Crippen molar-refractivity contribution in [2.24, 2.45) is 5.92 Å². The number of ether oxygens (including phenoxy) is 1. The van der Waals surface area contributed by atoms with Crippen LogP contribution in [0.1, 0.15) is 48.2 Å². The van der Waals surface area contributed by atoms with Gasteiger partial charge < -0.3 is 9.64 Å². The van der Waals surface area contributed by atoms with Crippen LogP contribution in [0.2, 0.25) is 0 Å². The molecule has 0 radical (unpaired) electrons. The number of halogens is 1. The number of aromatic nitrogens is 1. The number of amides is 1. The van der Waals surface area contributed by atoms with Gasteiger partial charge >= 0.3 is 0 Å². The van der Waals surface area contributed by atoms with Gasteiger partial charge in [0.25, 0.3) is 0 Å². The Morgan fingerprint density at radius 2 is 1.78 bits per heavy atom. The zero-order valence-electron chi connectivity index (χ0n) is 19.2. The summed E-state index contributed by atoms with van der Waals surface area (Å²) < 4.78 is 18.6. The highest BCUT2D eigenvalue weighted by atomic mass is 19.1. The fraction of sp³-hybridized carbons (Fsp3) is 0.538. The SMILES string of the molecule is Cc1cc(Cc2ccc(F)cc2)cc(C2CCN(C(=O)[C@@H](C)CN3CCOCC3)CC2)n1. The Balaban J connectivity index is 1.33. The molecule has 0 spiro atoms. The molecule has 2 aromatic rings. The van der Waals surface area contributed by atoms with E-state index in [1.54, 1.807) is 0 Å². The third-order valence-corrected chi connectivity index (χ3v) is 6.64. The maximum absolute atomic E-state index is 13.2. The summed E-state index contributed by atoms with van der Waals surface area (Å²) in [5, 5.41) is 0. The summed E-state index contributed by atoms with van der Waals surface area (Å²) in [5.74, 6) is 0.453. The molecule has 1 aromatic heterocycles. The maximum Gasteiger partial charge on any atom is 0.226 e. The molecule has 5 nitrogen and oxygen atoms in total. The van der Waals surface area contributed by atoms with Crippen molar-refractivity contribution in [1.82, 2.24) is 14.8 Å². The Kier molecular flexibility index (Phi) is 7.53. The Hall–Kier alpha value is -2.31. The van der Waals surface area contributed by atoms with E-state index in [4.69, 9.17) is 9.72 Å². The van der Waals surface area contributed by atoms with Gasteiger partial charge in [-0.3, -0.25) is 14.7 Å². The lowest BCUT2D eigenvalue weighted by atomic mass is 9.90. The van der Waals surface area contributed by atoms with Crippen molar-refractivity contribution in [2.45, 2.75) is 39.0 Å². The summed E-state index contributed by atoms with van der Waals surface area (Å²) >= 11 is 0. The minimum Gasteiger partial charge on any atom is -0.379 e. The molecule has 0 saturated carbocycles. The number of pyridine rings is 1. The summed E-state index contributed by atoms with van der Waals surface area (Å²) in [6.07, 6.45) is 2.66. The summed E-state index contributed by atoms with van der Waals surface area (Å²) in [4.78, 5) is 22.2. The summed E-state index contributed by atoms with van der Waals surface area (Å²) in [7, 11) is 0. The summed E-state index contributed by atoms with van der Waals surface area (Å²) in [6, 6.07) is 11.0. The first-order valence-electron chi connectivity index (χ1n) is 11.8. The molecule has 3 heterocycles. The number of hydrogen-bond donors (Lipinski definition) is 0. The molecule has 2 aliphatic rings. The minimum atomic E-state index is -0.207. The number of hydrogen-bond acceptors (Lipinski definition) is 4. The third kappa shape index (κ3) is 5.93. The normalized spacial score (nSPS) is 19.2. The number of piperidine rings is 1. The van der Waals surface area contributed by atoms with Crippen LogP contribution in [0.15, 0.2) is 36.4 Å². The maximum atomic E-state index is 13.2. The molecule has 1 aromatic carbocycles. The van der Waals surface area contributed by atoms with Crippen molar-refractivity contribution in [3.63, 3.8) is 0 Å². The second kappa shape index (κ2) is 10.5. The molecule has 2 saturated heterocycles. The second-order valence-corrected chi connectivity index (χ2v) is 9.26. The van der Waals surface area contributed by atoms with Gasteiger partial charge in [-0.05, 0) is 61.6 Å². The van der Waals surface area contributed by atoms with Gasteiger partial charge in [0, 0.05) is 55.9 Å². The molecule has 172 valence electrons. The first-order valence-corrected chi connectivity index (χ1v) is 11.8. The standard InChI is InChI=1S/C26H34FN3O2/c1-19(18-29-11-13-32-14-12-29)26(31)30-9-7-23(8-10-30)25-17-22(15-20(2)28-25)16-21-3-5-24(27)6-4-21/h3-6,15,17,19,23H,7-14,16,18H2,1-2H3/t19-/m0/s1. The van der Waals surface area contributed by atoms with E-state index in [-0.39, 0.29) is 17.6 Å². The van der Waals surface area contributed by atoms with Crippen LogP contribution in [0.4, 0.5) is 4.39 Å². The molecule has 4 rings (SSSR count). The van der Waals surface area contributed by atoms with Gasteiger partial charge in [0.1, 0.15) is 5.82 Å². The molecule has 6 heteroatoms. The molecule has 0 bridgehead atoms. The number of rotatable bonds is 6. The average molecular weight is 440 g/mol. The molecule has 2 fully saturated rings. The zero-order chi connectivity index (χ0) is 22.5. The van der Waals surface area contributed by atoms with E-state index in [1.807, 2.05) is 30.9 Å². The van der Waals surface area contributed by atoms with E-state index in [0.717, 1.165) is 82.2 Å².